The largest absolute Gasteiger partial charge is 0.383 e. The van der Waals surface area contributed by atoms with E-state index < -0.39 is 0 Å². The van der Waals surface area contributed by atoms with Gasteiger partial charge in [-0.15, -0.1) is 10.2 Å². The monoisotopic (exact) mass is 192 g/mol. The molecule has 0 aliphatic heterocycles. The maximum atomic E-state index is 5.61. The van der Waals surface area contributed by atoms with Crippen molar-refractivity contribution in [3.05, 3.63) is 6.33 Å². The fourth-order valence-electron chi connectivity index (χ4n) is 1.03. The van der Waals surface area contributed by atoms with Crippen molar-refractivity contribution >= 4 is 11.6 Å². The van der Waals surface area contributed by atoms with E-state index in [1.807, 2.05) is 0 Å². The van der Waals surface area contributed by atoms with Gasteiger partial charge in [0.15, 0.2) is 0 Å². The van der Waals surface area contributed by atoms with Crippen molar-refractivity contribution in [2.24, 2.45) is 7.05 Å². The number of hydrogen-bond donors (Lipinski definition) is 2. The molecule has 0 spiro atoms. The summed E-state index contributed by atoms with van der Waals surface area (Å²) in [5.74, 6) is 0.805. The molecule has 0 saturated carbocycles. The van der Waals surface area contributed by atoms with Crippen LogP contribution in [0.15, 0.2) is 6.33 Å². The fraction of sp³-hybridized carbons (Fsp3) is 0.167. The van der Waals surface area contributed by atoms with Gasteiger partial charge >= 0.3 is 0 Å². The second kappa shape index (κ2) is 2.91. The first-order valence-corrected chi connectivity index (χ1v) is 3.79. The van der Waals surface area contributed by atoms with Crippen molar-refractivity contribution in [1.29, 1.82) is 0 Å². The van der Waals surface area contributed by atoms with Crippen LogP contribution in [0.25, 0.3) is 11.4 Å². The van der Waals surface area contributed by atoms with Crippen LogP contribution < -0.4 is 11.5 Å². The van der Waals surface area contributed by atoms with E-state index in [4.69, 9.17) is 11.5 Å². The van der Waals surface area contributed by atoms with Crippen LogP contribution in [0.5, 0.6) is 0 Å². The number of rotatable bonds is 1. The van der Waals surface area contributed by atoms with Crippen LogP contribution in [-0.4, -0.2) is 30.2 Å². The lowest BCUT2D eigenvalue weighted by Gasteiger charge is -2.01. The first-order chi connectivity index (χ1) is 6.68. The Bertz CT molecular complexity index is 440. The van der Waals surface area contributed by atoms with Crippen LogP contribution in [0.4, 0.5) is 11.6 Å². The van der Waals surface area contributed by atoms with E-state index in [9.17, 15) is 0 Å². The second-order valence-electron chi connectivity index (χ2n) is 2.62. The molecule has 0 amide bonds. The Kier molecular flexibility index (Phi) is 1.73. The molecule has 0 bridgehead atoms. The Balaban J connectivity index is 2.61. The van der Waals surface area contributed by atoms with E-state index in [1.54, 1.807) is 7.05 Å². The number of nitrogens with zero attached hydrogens (tertiary/aromatic N) is 6. The predicted octanol–water partition coefficient (Wildman–Crippen LogP) is -1.17. The maximum Gasteiger partial charge on any atom is 0.212 e. The number of hydrogen-bond acceptors (Lipinski definition) is 7. The van der Waals surface area contributed by atoms with E-state index in [-0.39, 0.29) is 11.6 Å². The van der Waals surface area contributed by atoms with Gasteiger partial charge in [0.2, 0.25) is 5.82 Å². The predicted molar refractivity (Wildman–Crippen MR) is 48.6 cm³/mol. The number of aromatic nitrogens is 6. The average molecular weight is 192 g/mol. The summed E-state index contributed by atoms with van der Waals surface area (Å²) < 4.78 is 0. The second-order valence-corrected chi connectivity index (χ2v) is 2.62. The third-order valence-corrected chi connectivity index (χ3v) is 1.64. The van der Waals surface area contributed by atoms with Crippen molar-refractivity contribution in [3.8, 4) is 11.4 Å². The van der Waals surface area contributed by atoms with Crippen LogP contribution in [0.3, 0.4) is 0 Å². The summed E-state index contributed by atoms with van der Waals surface area (Å²) in [7, 11) is 1.65. The van der Waals surface area contributed by atoms with Crippen molar-refractivity contribution in [2.75, 3.05) is 11.5 Å². The van der Waals surface area contributed by atoms with Crippen LogP contribution >= 0.6 is 0 Å². The lowest BCUT2D eigenvalue weighted by Crippen LogP contribution is -2.02. The molecule has 0 aliphatic carbocycles. The molecule has 0 saturated heterocycles. The third kappa shape index (κ3) is 1.22. The summed E-state index contributed by atoms with van der Waals surface area (Å²) in [4.78, 5) is 8.90. The summed E-state index contributed by atoms with van der Waals surface area (Å²) in [5.41, 5.74) is 11.6. The molecule has 0 radical (unpaired) electrons. The quantitative estimate of drug-likeness (QED) is 0.583. The molecule has 2 aromatic heterocycles. The van der Waals surface area contributed by atoms with Crippen molar-refractivity contribution in [2.45, 2.75) is 0 Å². The normalized spacial score (nSPS) is 10.4. The summed E-state index contributed by atoms with van der Waals surface area (Å²) in [6.45, 7) is 0. The zero-order valence-corrected chi connectivity index (χ0v) is 7.42. The molecule has 0 aromatic carbocycles. The average Bonchev–Trinajstić information content (AvgIpc) is 2.51. The minimum atomic E-state index is 0.241. The summed E-state index contributed by atoms with van der Waals surface area (Å²) in [5, 5.41) is 11.4. The summed E-state index contributed by atoms with van der Waals surface area (Å²) in [6, 6.07) is 0. The molecule has 8 heteroatoms. The van der Waals surface area contributed by atoms with Crippen LogP contribution in [0.2, 0.25) is 0 Å². The zero-order chi connectivity index (χ0) is 10.1. The van der Waals surface area contributed by atoms with E-state index in [0.29, 0.717) is 11.4 Å². The van der Waals surface area contributed by atoms with Gasteiger partial charge in [-0.1, -0.05) is 0 Å². The molecule has 14 heavy (non-hydrogen) atoms. The topological polar surface area (TPSA) is 121 Å². The van der Waals surface area contributed by atoms with E-state index in [1.165, 1.54) is 11.1 Å². The SMILES string of the molecule is Cn1nnc(-c2c(N)ncnc2N)n1. The Hall–Kier alpha value is -2.25. The van der Waals surface area contributed by atoms with Crippen LogP contribution in [-0.2, 0) is 7.05 Å². The van der Waals surface area contributed by atoms with Gasteiger partial charge in [0, 0.05) is 0 Å². The minimum Gasteiger partial charge on any atom is -0.383 e. The Labute approximate surface area is 79.0 Å². The number of nitrogens with two attached hydrogens (primary N) is 2. The van der Waals surface area contributed by atoms with Crippen molar-refractivity contribution < 1.29 is 0 Å². The van der Waals surface area contributed by atoms with Gasteiger partial charge in [0.25, 0.3) is 0 Å². The van der Waals surface area contributed by atoms with Gasteiger partial charge in [0.1, 0.15) is 23.5 Å². The Morgan fingerprint density at radius 2 is 1.86 bits per heavy atom. The van der Waals surface area contributed by atoms with Gasteiger partial charge in [-0.25, -0.2) is 9.97 Å². The summed E-state index contributed by atoms with van der Waals surface area (Å²) >= 11 is 0. The molecule has 0 aliphatic rings. The molecule has 0 unspecified atom stereocenters. The van der Waals surface area contributed by atoms with Gasteiger partial charge in [0.05, 0.1) is 7.05 Å². The van der Waals surface area contributed by atoms with E-state index in [0.717, 1.165) is 0 Å². The van der Waals surface area contributed by atoms with Crippen molar-refractivity contribution in [1.82, 2.24) is 30.2 Å². The highest BCUT2D eigenvalue weighted by Crippen LogP contribution is 2.23. The molecule has 2 heterocycles. The first-order valence-electron chi connectivity index (χ1n) is 3.79. The van der Waals surface area contributed by atoms with Crippen molar-refractivity contribution in [3.63, 3.8) is 0 Å². The van der Waals surface area contributed by atoms with Gasteiger partial charge in [-0.3, -0.25) is 0 Å². The van der Waals surface area contributed by atoms with Crippen LogP contribution in [0.1, 0.15) is 0 Å². The molecule has 2 aromatic rings. The highest BCUT2D eigenvalue weighted by atomic mass is 15.6. The molecule has 2 rings (SSSR count). The van der Waals surface area contributed by atoms with Crippen LogP contribution in [0, 0.1) is 0 Å². The molecular weight excluding hydrogens is 184 g/mol. The number of aryl methyl sites for hydroxylation is 1. The molecule has 4 N–H and O–H groups in total. The third-order valence-electron chi connectivity index (χ3n) is 1.64. The molecular formula is C6H8N8. The maximum absolute atomic E-state index is 5.61. The van der Waals surface area contributed by atoms with E-state index in [2.05, 4.69) is 25.4 Å². The van der Waals surface area contributed by atoms with Gasteiger partial charge < -0.3 is 11.5 Å². The van der Waals surface area contributed by atoms with E-state index >= 15 is 0 Å². The highest BCUT2D eigenvalue weighted by Gasteiger charge is 2.13. The molecule has 8 nitrogen and oxygen atoms in total. The smallest absolute Gasteiger partial charge is 0.212 e. The summed E-state index contributed by atoms with van der Waals surface area (Å²) in [6.07, 6.45) is 1.28. The number of anilines is 2. The fourth-order valence-corrected chi connectivity index (χ4v) is 1.03. The lowest BCUT2D eigenvalue weighted by molar-refractivity contribution is 0.630. The first kappa shape index (κ1) is 8.35. The Morgan fingerprint density at radius 3 is 2.36 bits per heavy atom. The zero-order valence-electron chi connectivity index (χ0n) is 7.42. The lowest BCUT2D eigenvalue weighted by atomic mass is 10.2. The van der Waals surface area contributed by atoms with Gasteiger partial charge in [-0.05, 0) is 5.21 Å². The minimum absolute atomic E-state index is 0.241. The standard InChI is InChI=1S/C6H8N8/c1-14-12-6(11-13-14)3-4(7)9-2-10-5(3)8/h2H,1H3,(H4,7,8,9,10). The molecule has 0 fully saturated rings. The highest BCUT2D eigenvalue weighted by molar-refractivity contribution is 5.77. The molecule has 0 atom stereocenters. The number of tetrazole rings is 1. The van der Waals surface area contributed by atoms with Gasteiger partial charge in [-0.2, -0.15) is 4.80 Å². The number of nitrogen functional groups attached to an aromatic ring is 2. The molecule has 72 valence electrons. The Morgan fingerprint density at radius 1 is 1.21 bits per heavy atom.